The van der Waals surface area contributed by atoms with Gasteiger partial charge in [-0.1, -0.05) is 21.1 Å². The molecule has 0 unspecified atom stereocenters. The van der Waals surface area contributed by atoms with Crippen LogP contribution in [0.15, 0.2) is 28.0 Å². The fourth-order valence-corrected chi connectivity index (χ4v) is 1.07. The van der Waals surface area contributed by atoms with Crippen LogP contribution in [0, 0.1) is 0 Å². The summed E-state index contributed by atoms with van der Waals surface area (Å²) in [6.07, 6.45) is 1.41. The molecule has 0 atom stereocenters. The van der Waals surface area contributed by atoms with Gasteiger partial charge in [0.1, 0.15) is 5.69 Å². The van der Waals surface area contributed by atoms with Crippen molar-refractivity contribution >= 4 is 27.6 Å². The van der Waals surface area contributed by atoms with E-state index >= 15 is 0 Å². The second kappa shape index (κ2) is 3.99. The van der Waals surface area contributed by atoms with Gasteiger partial charge in [-0.3, -0.25) is 4.98 Å². The molecule has 1 aromatic rings. The molecule has 0 fully saturated rings. The summed E-state index contributed by atoms with van der Waals surface area (Å²) in [5.41, 5.74) is -0.384. The molecule has 0 saturated heterocycles. The average Bonchev–Trinajstić information content (AvgIpc) is 2.04. The molecule has 0 aliphatic rings. The number of carboxylic acids is 1. The largest absolute Gasteiger partial charge is 0.476 e. The van der Waals surface area contributed by atoms with Gasteiger partial charge in [-0.05, 0) is 12.1 Å². The lowest BCUT2D eigenvalue weighted by molar-refractivity contribution is -0.129. The maximum absolute atomic E-state index is 10.5. The monoisotopic (exact) mass is 244 g/mol. The van der Waals surface area contributed by atoms with E-state index in [-0.39, 0.29) is 5.69 Å². The van der Waals surface area contributed by atoms with Gasteiger partial charge in [-0.2, -0.15) is 0 Å². The van der Waals surface area contributed by atoms with Crippen LogP contribution in [0.2, 0.25) is 0 Å². The van der Waals surface area contributed by atoms with Crippen LogP contribution in [0.4, 0.5) is 0 Å². The van der Waals surface area contributed by atoms with E-state index in [1.165, 1.54) is 12.3 Å². The van der Waals surface area contributed by atoms with Crippen molar-refractivity contribution < 1.29 is 15.1 Å². The third-order valence-corrected chi connectivity index (χ3v) is 1.76. The number of rotatable bonds is 2. The first kappa shape index (κ1) is 9.66. The first-order valence-electron chi connectivity index (χ1n) is 3.22. The Kier molecular flexibility index (Phi) is 2.97. The number of carboxylic acid groups (broad SMARTS) is 1. The van der Waals surface area contributed by atoms with Gasteiger partial charge in [0.25, 0.3) is 0 Å². The molecule has 1 aromatic heterocycles. The Morgan fingerprint density at radius 2 is 2.31 bits per heavy atom. The van der Waals surface area contributed by atoms with Crippen molar-refractivity contribution in [2.75, 3.05) is 0 Å². The third-order valence-electron chi connectivity index (χ3n) is 1.27. The molecule has 0 bridgehead atoms. The van der Waals surface area contributed by atoms with Crippen molar-refractivity contribution in [3.63, 3.8) is 0 Å². The molecule has 68 valence electrons. The van der Waals surface area contributed by atoms with Crippen LogP contribution in [0.5, 0.6) is 0 Å². The summed E-state index contributed by atoms with van der Waals surface area (Å²) >= 11 is 3.14. The van der Waals surface area contributed by atoms with Gasteiger partial charge in [0.05, 0.1) is 0 Å². The Morgan fingerprint density at radius 3 is 2.77 bits per heavy atom. The molecular weight excluding hydrogens is 240 g/mol. The van der Waals surface area contributed by atoms with Crippen LogP contribution < -0.4 is 0 Å². The lowest BCUT2D eigenvalue weighted by Gasteiger charge is -1.97. The van der Waals surface area contributed by atoms with Crippen LogP contribution in [-0.2, 0) is 4.79 Å². The number of aromatic nitrogens is 1. The Balaban J connectivity index is 3.14. The lowest BCUT2D eigenvalue weighted by atomic mass is 10.2. The summed E-state index contributed by atoms with van der Waals surface area (Å²) in [4.78, 5) is 14.2. The molecule has 6 heteroatoms. The van der Waals surface area contributed by atoms with Crippen molar-refractivity contribution in [2.24, 2.45) is 5.16 Å². The highest BCUT2D eigenvalue weighted by Crippen LogP contribution is 2.09. The highest BCUT2D eigenvalue weighted by Gasteiger charge is 2.14. The zero-order chi connectivity index (χ0) is 9.84. The first-order valence-corrected chi connectivity index (χ1v) is 4.01. The minimum atomic E-state index is -1.33. The number of pyridine rings is 1. The number of aliphatic carboxylic acids is 1. The predicted molar refractivity (Wildman–Crippen MR) is 47.9 cm³/mol. The SMILES string of the molecule is O=C(O)/C(=N/O)c1cc(Br)ccn1. The lowest BCUT2D eigenvalue weighted by Crippen LogP contribution is -2.15. The molecule has 1 heterocycles. The van der Waals surface area contributed by atoms with E-state index in [2.05, 4.69) is 26.1 Å². The predicted octanol–water partition coefficient (Wildman–Crippen LogP) is 1.11. The molecular formula is C7H5BrN2O3. The summed E-state index contributed by atoms with van der Waals surface area (Å²) in [6.45, 7) is 0. The Bertz CT molecular complexity index is 365. The third kappa shape index (κ3) is 2.25. The molecule has 0 amide bonds. The second-order valence-electron chi connectivity index (χ2n) is 2.11. The van der Waals surface area contributed by atoms with E-state index in [1.807, 2.05) is 0 Å². The Hall–Kier alpha value is -1.43. The molecule has 0 aliphatic carbocycles. The zero-order valence-electron chi connectivity index (χ0n) is 6.31. The van der Waals surface area contributed by atoms with Crippen LogP contribution in [0.1, 0.15) is 5.69 Å². The molecule has 0 radical (unpaired) electrons. The number of halogens is 1. The summed E-state index contributed by atoms with van der Waals surface area (Å²) in [5, 5.41) is 19.6. The molecule has 0 aliphatic heterocycles. The molecule has 2 N–H and O–H groups in total. The van der Waals surface area contributed by atoms with Gasteiger partial charge in [0.2, 0.25) is 5.71 Å². The van der Waals surface area contributed by atoms with Gasteiger partial charge in [0.15, 0.2) is 0 Å². The van der Waals surface area contributed by atoms with E-state index in [1.54, 1.807) is 6.07 Å². The maximum Gasteiger partial charge on any atom is 0.360 e. The van der Waals surface area contributed by atoms with Crippen LogP contribution in [0.25, 0.3) is 0 Å². The van der Waals surface area contributed by atoms with Crippen molar-refractivity contribution in [1.82, 2.24) is 4.98 Å². The fourth-order valence-electron chi connectivity index (χ4n) is 0.738. The molecule has 5 nitrogen and oxygen atoms in total. The number of oxime groups is 1. The molecule has 13 heavy (non-hydrogen) atoms. The number of nitrogens with zero attached hydrogens (tertiary/aromatic N) is 2. The normalized spacial score (nSPS) is 11.3. The molecule has 0 spiro atoms. The van der Waals surface area contributed by atoms with Crippen LogP contribution in [0.3, 0.4) is 0 Å². The Labute approximate surface area is 81.8 Å². The van der Waals surface area contributed by atoms with Gasteiger partial charge < -0.3 is 10.3 Å². The van der Waals surface area contributed by atoms with Gasteiger partial charge in [0, 0.05) is 10.7 Å². The topological polar surface area (TPSA) is 82.8 Å². The van der Waals surface area contributed by atoms with Crippen molar-refractivity contribution in [1.29, 1.82) is 0 Å². The zero-order valence-corrected chi connectivity index (χ0v) is 7.89. The molecule has 0 aromatic carbocycles. The quantitative estimate of drug-likeness (QED) is 0.464. The minimum absolute atomic E-state index is 0.101. The van der Waals surface area contributed by atoms with Crippen molar-refractivity contribution in [3.05, 3.63) is 28.5 Å². The summed E-state index contributed by atoms with van der Waals surface area (Å²) < 4.78 is 0.667. The maximum atomic E-state index is 10.5. The highest BCUT2D eigenvalue weighted by molar-refractivity contribution is 9.10. The smallest absolute Gasteiger partial charge is 0.360 e. The average molecular weight is 245 g/mol. The number of hydrogen-bond acceptors (Lipinski definition) is 4. The summed E-state index contributed by atoms with van der Waals surface area (Å²) in [7, 11) is 0. The number of carbonyl (C=O) groups is 1. The van der Waals surface area contributed by atoms with Crippen molar-refractivity contribution in [3.8, 4) is 0 Å². The highest BCUT2D eigenvalue weighted by atomic mass is 79.9. The Morgan fingerprint density at radius 1 is 1.62 bits per heavy atom. The van der Waals surface area contributed by atoms with Gasteiger partial charge in [-0.25, -0.2) is 4.79 Å². The summed E-state index contributed by atoms with van der Waals surface area (Å²) in [5.74, 6) is -1.33. The van der Waals surface area contributed by atoms with Gasteiger partial charge in [-0.15, -0.1) is 0 Å². The fraction of sp³-hybridized carbons (Fsp3) is 0. The van der Waals surface area contributed by atoms with Crippen LogP contribution in [-0.4, -0.2) is 27.0 Å². The first-order chi connectivity index (χ1) is 6.15. The standard InChI is InChI=1S/C7H5BrN2O3/c8-4-1-2-9-5(3-4)6(10-13)7(11)12/h1-3,13H,(H,11,12)/b10-6+. The van der Waals surface area contributed by atoms with Crippen molar-refractivity contribution in [2.45, 2.75) is 0 Å². The van der Waals surface area contributed by atoms with Gasteiger partial charge >= 0.3 is 5.97 Å². The van der Waals surface area contributed by atoms with E-state index in [4.69, 9.17) is 10.3 Å². The van der Waals surface area contributed by atoms with E-state index in [0.717, 1.165) is 0 Å². The summed E-state index contributed by atoms with van der Waals surface area (Å²) in [6, 6.07) is 3.09. The second-order valence-corrected chi connectivity index (χ2v) is 3.03. The molecule has 1 rings (SSSR count). The van der Waals surface area contributed by atoms with E-state index < -0.39 is 11.7 Å². The van der Waals surface area contributed by atoms with Crippen LogP contribution >= 0.6 is 15.9 Å². The number of hydrogen-bond donors (Lipinski definition) is 2. The van der Waals surface area contributed by atoms with E-state index in [0.29, 0.717) is 4.47 Å². The minimum Gasteiger partial charge on any atom is -0.476 e. The molecule has 0 saturated carbocycles. The van der Waals surface area contributed by atoms with E-state index in [9.17, 15) is 4.79 Å².